The van der Waals surface area contributed by atoms with Gasteiger partial charge in [-0.25, -0.2) is 0 Å². The van der Waals surface area contributed by atoms with Crippen LogP contribution in [-0.2, 0) is 4.79 Å². The first-order valence-electron chi connectivity index (χ1n) is 4.88. The molecule has 1 aromatic rings. The second-order valence-electron chi connectivity index (χ2n) is 3.57. The largest absolute Gasteiger partial charge is 0.497 e. The van der Waals surface area contributed by atoms with Gasteiger partial charge >= 0.3 is 0 Å². The van der Waals surface area contributed by atoms with Crippen LogP contribution in [0.3, 0.4) is 0 Å². The van der Waals surface area contributed by atoms with Crippen LogP contribution in [0.5, 0.6) is 11.5 Å². The molecule has 0 bridgehead atoms. The number of benzene rings is 1. The quantitative estimate of drug-likeness (QED) is 0.572. The number of rotatable bonds is 3. The number of methoxy groups -OCH3 is 2. The summed E-state index contributed by atoms with van der Waals surface area (Å²) >= 11 is 0. The fraction of sp³-hybridized carbons (Fsp3) is 0.250. The zero-order valence-electron chi connectivity index (χ0n) is 9.32. The molecule has 0 spiro atoms. The molecular formula is C12H13NO3. The number of carbonyl (C=O) groups excluding carboxylic acids is 1. The van der Waals surface area contributed by atoms with E-state index in [1.54, 1.807) is 37.3 Å². The summed E-state index contributed by atoms with van der Waals surface area (Å²) < 4.78 is 10.3. The van der Waals surface area contributed by atoms with Crippen molar-refractivity contribution in [1.82, 2.24) is 0 Å². The molecule has 0 N–H and O–H groups in total. The van der Waals surface area contributed by atoms with Crippen LogP contribution < -0.4 is 14.4 Å². The van der Waals surface area contributed by atoms with Gasteiger partial charge in [0.1, 0.15) is 11.5 Å². The third-order valence-electron chi connectivity index (χ3n) is 2.54. The van der Waals surface area contributed by atoms with Crippen LogP contribution >= 0.6 is 0 Å². The number of β-lactam (4-membered cyclic amide) rings is 1. The highest BCUT2D eigenvalue weighted by atomic mass is 16.5. The molecule has 0 atom stereocenters. The van der Waals surface area contributed by atoms with Gasteiger partial charge in [-0.1, -0.05) is 6.58 Å². The number of hydrogen-bond acceptors (Lipinski definition) is 3. The molecule has 1 aliphatic heterocycles. The third-order valence-corrected chi connectivity index (χ3v) is 2.54. The van der Waals surface area contributed by atoms with Crippen LogP contribution in [0.15, 0.2) is 30.4 Å². The number of anilines is 1. The molecule has 16 heavy (non-hydrogen) atoms. The average molecular weight is 219 g/mol. The molecule has 84 valence electrons. The maximum absolute atomic E-state index is 11.5. The van der Waals surface area contributed by atoms with Gasteiger partial charge in [0, 0.05) is 23.8 Å². The Morgan fingerprint density at radius 2 is 1.75 bits per heavy atom. The summed E-state index contributed by atoms with van der Waals surface area (Å²) in [5, 5.41) is 0. The number of nitrogens with zero attached hydrogens (tertiary/aromatic N) is 1. The topological polar surface area (TPSA) is 38.8 Å². The molecule has 0 aromatic heterocycles. The van der Waals surface area contributed by atoms with Crippen molar-refractivity contribution >= 4 is 11.6 Å². The monoisotopic (exact) mass is 219 g/mol. The summed E-state index contributed by atoms with van der Waals surface area (Å²) in [4.78, 5) is 13.1. The van der Waals surface area contributed by atoms with Crippen molar-refractivity contribution in [3.05, 3.63) is 30.4 Å². The van der Waals surface area contributed by atoms with E-state index in [4.69, 9.17) is 9.47 Å². The van der Waals surface area contributed by atoms with Gasteiger partial charge in [-0.2, -0.15) is 0 Å². The van der Waals surface area contributed by atoms with Crippen molar-refractivity contribution < 1.29 is 14.3 Å². The zero-order chi connectivity index (χ0) is 11.7. The fourth-order valence-electron chi connectivity index (χ4n) is 1.59. The Bertz CT molecular complexity index is 431. The Morgan fingerprint density at radius 1 is 1.19 bits per heavy atom. The first-order chi connectivity index (χ1) is 7.65. The van der Waals surface area contributed by atoms with Gasteiger partial charge in [-0.3, -0.25) is 4.79 Å². The van der Waals surface area contributed by atoms with Gasteiger partial charge in [0.25, 0.3) is 5.91 Å². The summed E-state index contributed by atoms with van der Waals surface area (Å²) in [6.45, 7) is 4.21. The summed E-state index contributed by atoms with van der Waals surface area (Å²) in [6.07, 6.45) is 0. The van der Waals surface area contributed by atoms with Crippen LogP contribution in [0.25, 0.3) is 0 Å². The molecule has 0 aliphatic carbocycles. The fourth-order valence-corrected chi connectivity index (χ4v) is 1.59. The molecule has 1 aliphatic rings. The van der Waals surface area contributed by atoms with E-state index in [0.717, 1.165) is 5.69 Å². The minimum atomic E-state index is -0.0460. The van der Waals surface area contributed by atoms with Crippen molar-refractivity contribution in [2.75, 3.05) is 25.7 Å². The lowest BCUT2D eigenvalue weighted by atomic mass is 10.1. The van der Waals surface area contributed by atoms with E-state index in [-0.39, 0.29) is 5.91 Å². The number of amides is 1. The smallest absolute Gasteiger partial charge is 0.255 e. The summed E-state index contributed by atoms with van der Waals surface area (Å²) in [5.74, 6) is 1.29. The molecule has 1 amide bonds. The van der Waals surface area contributed by atoms with Gasteiger partial charge in [-0.15, -0.1) is 0 Å². The zero-order valence-corrected chi connectivity index (χ0v) is 9.32. The minimum absolute atomic E-state index is 0.0460. The summed E-state index contributed by atoms with van der Waals surface area (Å²) in [5.41, 5.74) is 1.40. The number of carbonyl (C=O) groups is 1. The normalized spacial score (nSPS) is 14.8. The predicted octanol–water partition coefficient (Wildman–Crippen LogP) is 1.61. The third kappa shape index (κ3) is 1.62. The molecule has 0 unspecified atom stereocenters. The van der Waals surface area contributed by atoms with Crippen LogP contribution in [0.2, 0.25) is 0 Å². The van der Waals surface area contributed by atoms with Crippen molar-refractivity contribution in [1.29, 1.82) is 0 Å². The lowest BCUT2D eigenvalue weighted by molar-refractivity contribution is -0.117. The highest BCUT2D eigenvalue weighted by Crippen LogP contribution is 2.32. The Hall–Kier alpha value is -1.97. The molecule has 1 aromatic carbocycles. The van der Waals surface area contributed by atoms with E-state index in [2.05, 4.69) is 6.58 Å². The minimum Gasteiger partial charge on any atom is -0.497 e. The van der Waals surface area contributed by atoms with Gasteiger partial charge < -0.3 is 14.4 Å². The SMILES string of the molecule is C=C1CN(c2cc(OC)cc(OC)c2)C1=O. The maximum Gasteiger partial charge on any atom is 0.255 e. The van der Waals surface area contributed by atoms with Crippen LogP contribution in [0.4, 0.5) is 5.69 Å². The van der Waals surface area contributed by atoms with E-state index in [1.807, 2.05) is 0 Å². The van der Waals surface area contributed by atoms with E-state index in [0.29, 0.717) is 23.6 Å². The molecule has 4 nitrogen and oxygen atoms in total. The molecule has 0 saturated carbocycles. The van der Waals surface area contributed by atoms with Crippen molar-refractivity contribution in [2.24, 2.45) is 0 Å². The molecule has 2 rings (SSSR count). The molecule has 1 heterocycles. The van der Waals surface area contributed by atoms with Gasteiger partial charge in [0.05, 0.1) is 26.5 Å². The number of hydrogen-bond donors (Lipinski definition) is 0. The molecular weight excluding hydrogens is 206 g/mol. The first kappa shape index (κ1) is 10.5. The highest BCUT2D eigenvalue weighted by molar-refractivity contribution is 6.13. The molecule has 1 saturated heterocycles. The van der Waals surface area contributed by atoms with Gasteiger partial charge in [0.15, 0.2) is 0 Å². The maximum atomic E-state index is 11.5. The molecule has 4 heteroatoms. The van der Waals surface area contributed by atoms with Crippen molar-refractivity contribution in [2.45, 2.75) is 0 Å². The van der Waals surface area contributed by atoms with E-state index >= 15 is 0 Å². The summed E-state index contributed by atoms with van der Waals surface area (Å²) in [7, 11) is 3.16. The van der Waals surface area contributed by atoms with Crippen molar-refractivity contribution in [3.63, 3.8) is 0 Å². The Kier molecular flexibility index (Phi) is 2.56. The Morgan fingerprint density at radius 3 is 2.12 bits per heavy atom. The van der Waals surface area contributed by atoms with Crippen molar-refractivity contribution in [3.8, 4) is 11.5 Å². The Balaban J connectivity index is 2.33. The van der Waals surface area contributed by atoms with Crippen LogP contribution in [0, 0.1) is 0 Å². The van der Waals surface area contributed by atoms with E-state index in [9.17, 15) is 4.79 Å². The molecule has 0 radical (unpaired) electrons. The lowest BCUT2D eigenvalue weighted by Crippen LogP contribution is -2.45. The number of ether oxygens (including phenoxy) is 2. The Labute approximate surface area is 94.1 Å². The second-order valence-corrected chi connectivity index (χ2v) is 3.57. The predicted molar refractivity (Wildman–Crippen MR) is 61.0 cm³/mol. The van der Waals surface area contributed by atoms with Crippen LogP contribution in [-0.4, -0.2) is 26.7 Å². The lowest BCUT2D eigenvalue weighted by Gasteiger charge is -2.32. The van der Waals surface area contributed by atoms with E-state index in [1.165, 1.54) is 0 Å². The standard InChI is InChI=1S/C12H13NO3/c1-8-7-13(12(8)14)9-4-10(15-2)6-11(5-9)16-3/h4-6H,1,7H2,2-3H3. The van der Waals surface area contributed by atoms with Crippen LogP contribution in [0.1, 0.15) is 0 Å². The second kappa shape index (κ2) is 3.89. The average Bonchev–Trinajstić information content (AvgIpc) is 2.34. The van der Waals surface area contributed by atoms with E-state index < -0.39 is 0 Å². The highest BCUT2D eigenvalue weighted by Gasteiger charge is 2.30. The van der Waals surface area contributed by atoms with Gasteiger partial charge in [-0.05, 0) is 0 Å². The summed E-state index contributed by atoms with van der Waals surface area (Å²) in [6, 6.07) is 5.36. The van der Waals surface area contributed by atoms with Gasteiger partial charge in [0.2, 0.25) is 0 Å². The first-order valence-corrected chi connectivity index (χ1v) is 4.88. The molecule has 1 fully saturated rings.